The first-order valence-corrected chi connectivity index (χ1v) is 9.17. The summed E-state index contributed by atoms with van der Waals surface area (Å²) in [6, 6.07) is -0.959. The minimum Gasteiger partial charge on any atom is -0.466 e. The lowest BCUT2D eigenvalue weighted by molar-refractivity contribution is -0.145. The number of carbonyl (C=O) groups is 2. The van der Waals surface area contributed by atoms with Crippen molar-refractivity contribution >= 4 is 19.4 Å². The molecular weight excluding hydrogens is 295 g/mol. The molecule has 0 fully saturated rings. The zero-order chi connectivity index (χ0) is 16.6. The molecule has 3 unspecified atom stereocenters. The third-order valence-electron chi connectivity index (χ3n) is 3.08. The molecule has 124 valence electrons. The van der Waals surface area contributed by atoms with Crippen LogP contribution >= 0.6 is 7.44 Å². The van der Waals surface area contributed by atoms with Crippen LogP contribution in [0.5, 0.6) is 0 Å². The van der Waals surface area contributed by atoms with Crippen molar-refractivity contribution in [3.63, 3.8) is 0 Å². The summed E-state index contributed by atoms with van der Waals surface area (Å²) in [5.74, 6) is -0.790. The second-order valence-electron chi connectivity index (χ2n) is 4.91. The van der Waals surface area contributed by atoms with E-state index in [1.165, 1.54) is 6.66 Å². The van der Waals surface area contributed by atoms with Crippen molar-refractivity contribution in [1.29, 1.82) is 0 Å². The van der Waals surface area contributed by atoms with Gasteiger partial charge in [0.05, 0.1) is 19.6 Å². The van der Waals surface area contributed by atoms with E-state index in [-0.39, 0.29) is 25.0 Å². The van der Waals surface area contributed by atoms with E-state index in [4.69, 9.17) is 9.47 Å². The molecule has 0 heterocycles. The Morgan fingerprint density at radius 3 is 2.19 bits per heavy atom. The van der Waals surface area contributed by atoms with Crippen LogP contribution in [0.25, 0.3) is 0 Å². The van der Waals surface area contributed by atoms with E-state index < -0.39 is 19.5 Å². The molecule has 0 rings (SSSR count). The quantitative estimate of drug-likeness (QED) is 0.510. The Balaban J connectivity index is 4.63. The Labute approximate surface area is 126 Å². The van der Waals surface area contributed by atoms with E-state index in [0.717, 1.165) is 0 Å². The standard InChI is InChI=1S/C13H27N2O5P/c1-7-19-12(16)9-10(3)15(5)21(6,18)14-11(4)13(17)20-8-2/h10-11H,7-9H2,1-6H3,(H,14,18). The fourth-order valence-electron chi connectivity index (χ4n) is 1.74. The maximum absolute atomic E-state index is 12.7. The molecule has 0 aliphatic heterocycles. The SMILES string of the molecule is CCOC(=O)CC(C)N(C)P(C)(=O)NC(C)C(=O)OCC. The van der Waals surface area contributed by atoms with Crippen LogP contribution in [-0.2, 0) is 23.6 Å². The van der Waals surface area contributed by atoms with Gasteiger partial charge >= 0.3 is 11.9 Å². The smallest absolute Gasteiger partial charge is 0.323 e. The predicted molar refractivity (Wildman–Crippen MR) is 81.2 cm³/mol. The van der Waals surface area contributed by atoms with E-state index in [0.29, 0.717) is 6.61 Å². The Kier molecular flexibility index (Phi) is 8.78. The van der Waals surface area contributed by atoms with E-state index in [1.54, 1.807) is 39.4 Å². The van der Waals surface area contributed by atoms with Gasteiger partial charge in [-0.1, -0.05) is 0 Å². The van der Waals surface area contributed by atoms with Gasteiger partial charge in [0.25, 0.3) is 0 Å². The highest BCUT2D eigenvalue weighted by molar-refractivity contribution is 7.58. The van der Waals surface area contributed by atoms with Gasteiger partial charge in [-0.3, -0.25) is 14.2 Å². The zero-order valence-corrected chi connectivity index (χ0v) is 14.6. The largest absolute Gasteiger partial charge is 0.466 e. The van der Waals surface area contributed by atoms with Gasteiger partial charge in [-0.2, -0.15) is 0 Å². The van der Waals surface area contributed by atoms with E-state index >= 15 is 0 Å². The monoisotopic (exact) mass is 322 g/mol. The number of esters is 2. The first kappa shape index (κ1) is 20.1. The molecule has 0 aliphatic carbocycles. The van der Waals surface area contributed by atoms with Crippen LogP contribution in [0.15, 0.2) is 0 Å². The van der Waals surface area contributed by atoms with Gasteiger partial charge in [0, 0.05) is 12.7 Å². The van der Waals surface area contributed by atoms with Gasteiger partial charge in [-0.05, 0) is 34.7 Å². The number of hydrogen-bond acceptors (Lipinski definition) is 5. The lowest BCUT2D eigenvalue weighted by atomic mass is 10.2. The topological polar surface area (TPSA) is 84.9 Å². The first-order chi connectivity index (χ1) is 9.65. The van der Waals surface area contributed by atoms with Crippen molar-refractivity contribution in [3.8, 4) is 0 Å². The third-order valence-corrected chi connectivity index (χ3v) is 5.55. The van der Waals surface area contributed by atoms with Gasteiger partial charge < -0.3 is 9.47 Å². The predicted octanol–water partition coefficient (Wildman–Crippen LogP) is 1.62. The second-order valence-corrected chi connectivity index (χ2v) is 7.56. The highest BCUT2D eigenvalue weighted by Crippen LogP contribution is 2.42. The minimum absolute atomic E-state index is 0.137. The Morgan fingerprint density at radius 1 is 1.19 bits per heavy atom. The molecule has 0 saturated heterocycles. The molecule has 0 radical (unpaired) electrons. The summed E-state index contributed by atoms with van der Waals surface area (Å²) >= 11 is 0. The number of nitrogens with zero attached hydrogens (tertiary/aromatic N) is 1. The molecule has 0 bridgehead atoms. The van der Waals surface area contributed by atoms with Gasteiger partial charge in [0.2, 0.25) is 7.44 Å². The minimum atomic E-state index is -2.97. The molecular formula is C13H27N2O5P. The summed E-state index contributed by atoms with van der Waals surface area (Å²) in [6.07, 6.45) is 0.137. The molecule has 3 atom stereocenters. The van der Waals surface area contributed by atoms with Crippen molar-refractivity contribution in [3.05, 3.63) is 0 Å². The zero-order valence-electron chi connectivity index (χ0n) is 13.7. The van der Waals surface area contributed by atoms with E-state index in [9.17, 15) is 14.2 Å². The molecule has 0 aliphatic rings. The highest BCUT2D eigenvalue weighted by Gasteiger charge is 2.31. The molecule has 0 amide bonds. The van der Waals surface area contributed by atoms with Gasteiger partial charge in [0.1, 0.15) is 6.04 Å². The summed E-state index contributed by atoms with van der Waals surface area (Å²) in [4.78, 5) is 23.0. The number of ether oxygens (including phenoxy) is 2. The molecule has 1 N–H and O–H groups in total. The first-order valence-electron chi connectivity index (χ1n) is 7.06. The lowest BCUT2D eigenvalue weighted by Gasteiger charge is -2.32. The fourth-order valence-corrected chi connectivity index (χ4v) is 3.58. The van der Waals surface area contributed by atoms with Gasteiger partial charge in [-0.25, -0.2) is 9.76 Å². The van der Waals surface area contributed by atoms with Crippen LogP contribution in [0.4, 0.5) is 0 Å². The average Bonchev–Trinajstić information content (AvgIpc) is 2.37. The van der Waals surface area contributed by atoms with Crippen molar-refractivity contribution in [2.45, 2.75) is 46.2 Å². The Hall–Kier alpha value is -0.910. The van der Waals surface area contributed by atoms with E-state index in [2.05, 4.69) is 5.09 Å². The Morgan fingerprint density at radius 2 is 1.71 bits per heavy atom. The van der Waals surface area contributed by atoms with Crippen LogP contribution in [0.1, 0.15) is 34.1 Å². The van der Waals surface area contributed by atoms with Crippen molar-refractivity contribution < 1.29 is 23.6 Å². The van der Waals surface area contributed by atoms with Crippen LogP contribution in [0.3, 0.4) is 0 Å². The van der Waals surface area contributed by atoms with Crippen LogP contribution in [0.2, 0.25) is 0 Å². The van der Waals surface area contributed by atoms with Gasteiger partial charge in [-0.15, -0.1) is 0 Å². The Bertz CT molecular complexity index is 402. The summed E-state index contributed by atoms with van der Waals surface area (Å²) in [5.41, 5.74) is 0. The molecule has 0 saturated carbocycles. The number of rotatable bonds is 9. The molecule has 0 aromatic heterocycles. The maximum atomic E-state index is 12.7. The van der Waals surface area contributed by atoms with Crippen molar-refractivity contribution in [1.82, 2.24) is 9.76 Å². The summed E-state index contributed by atoms with van der Waals surface area (Å²) in [7, 11) is -1.33. The molecule has 0 spiro atoms. The molecule has 0 aromatic rings. The average molecular weight is 322 g/mol. The van der Waals surface area contributed by atoms with Crippen LogP contribution < -0.4 is 5.09 Å². The fraction of sp³-hybridized carbons (Fsp3) is 0.846. The summed E-state index contributed by atoms with van der Waals surface area (Å²) < 4.78 is 24.0. The number of carbonyl (C=O) groups excluding carboxylic acids is 2. The summed E-state index contributed by atoms with van der Waals surface area (Å²) in [6.45, 7) is 8.93. The molecule has 7 nitrogen and oxygen atoms in total. The lowest BCUT2D eigenvalue weighted by Crippen LogP contribution is -2.40. The van der Waals surface area contributed by atoms with E-state index in [1.807, 2.05) is 0 Å². The van der Waals surface area contributed by atoms with Gasteiger partial charge in [0.15, 0.2) is 0 Å². The molecule has 8 heteroatoms. The van der Waals surface area contributed by atoms with Crippen molar-refractivity contribution in [2.24, 2.45) is 0 Å². The molecule has 21 heavy (non-hydrogen) atoms. The molecule has 0 aromatic carbocycles. The number of hydrogen-bond donors (Lipinski definition) is 1. The normalized spacial score (nSPS) is 16.9. The highest BCUT2D eigenvalue weighted by atomic mass is 31.2. The van der Waals surface area contributed by atoms with Crippen LogP contribution in [0, 0.1) is 0 Å². The van der Waals surface area contributed by atoms with Crippen molar-refractivity contribution in [2.75, 3.05) is 26.9 Å². The summed E-state index contributed by atoms with van der Waals surface area (Å²) in [5, 5.41) is 2.78. The second kappa shape index (κ2) is 9.18. The number of nitrogens with one attached hydrogen (secondary N) is 1. The van der Waals surface area contributed by atoms with Crippen LogP contribution in [-0.4, -0.2) is 55.6 Å². The third kappa shape index (κ3) is 7.07. The maximum Gasteiger partial charge on any atom is 0.323 e.